The van der Waals surface area contributed by atoms with E-state index in [9.17, 15) is 9.59 Å². The molecule has 4 aromatic rings. The van der Waals surface area contributed by atoms with E-state index in [2.05, 4.69) is 5.32 Å². The number of nitrogens with one attached hydrogen (secondary N) is 1. The van der Waals surface area contributed by atoms with Crippen LogP contribution in [0, 0.1) is 11.7 Å². The zero-order valence-electron chi connectivity index (χ0n) is 23.3. The molecule has 2 aliphatic rings. The molecule has 2 amide bonds. The number of hydrogen-bond donors (Lipinski definition) is 1. The smallest absolute Gasteiger partial charge is 0.247 e. The molecule has 0 saturated heterocycles. The van der Waals surface area contributed by atoms with Gasteiger partial charge in [0.1, 0.15) is 5.82 Å². The first-order valence-electron chi connectivity index (χ1n) is 14.3. The van der Waals surface area contributed by atoms with E-state index in [0.717, 1.165) is 34.5 Å². The van der Waals surface area contributed by atoms with Crippen LogP contribution in [-0.2, 0) is 9.59 Å². The topological polar surface area (TPSA) is 62.3 Å². The fraction of sp³-hybridized carbons (Fsp3) is 0.229. The molecule has 6 rings (SSSR count). The minimum atomic E-state index is -0.517. The van der Waals surface area contributed by atoms with Gasteiger partial charge < -0.3 is 10.2 Å². The third-order valence-electron chi connectivity index (χ3n) is 8.26. The van der Waals surface area contributed by atoms with Crippen molar-refractivity contribution < 1.29 is 14.0 Å². The maximum atomic E-state index is 15.6. The first-order chi connectivity index (χ1) is 20.4. The van der Waals surface area contributed by atoms with Crippen molar-refractivity contribution in [2.45, 2.75) is 38.6 Å². The summed E-state index contributed by atoms with van der Waals surface area (Å²) in [5.74, 6) is -0.912. The molecular weight excluding hydrogens is 549 g/mol. The number of benzene rings is 3. The predicted molar refractivity (Wildman–Crippen MR) is 165 cm³/mol. The van der Waals surface area contributed by atoms with E-state index in [-0.39, 0.29) is 28.8 Å². The largest absolute Gasteiger partial charge is 0.330 e. The summed E-state index contributed by atoms with van der Waals surface area (Å²) in [6.07, 6.45) is 5.87. The maximum Gasteiger partial charge on any atom is 0.247 e. The Morgan fingerprint density at radius 2 is 1.71 bits per heavy atom. The predicted octanol–water partition coefficient (Wildman–Crippen LogP) is 8.32. The van der Waals surface area contributed by atoms with Crippen molar-refractivity contribution in [2.24, 2.45) is 5.92 Å². The Labute approximate surface area is 250 Å². The Morgan fingerprint density at radius 3 is 2.52 bits per heavy atom. The second-order valence-electron chi connectivity index (χ2n) is 11.0. The minimum Gasteiger partial charge on any atom is -0.330 e. The molecule has 2 aliphatic heterocycles. The van der Waals surface area contributed by atoms with Crippen molar-refractivity contribution in [1.29, 1.82) is 0 Å². The lowest BCUT2D eigenvalue weighted by atomic mass is 9.89. The molecule has 7 heteroatoms. The number of pyridine rings is 1. The second-order valence-corrected chi connectivity index (χ2v) is 11.4. The van der Waals surface area contributed by atoms with Gasteiger partial charge in [-0.3, -0.25) is 14.6 Å². The van der Waals surface area contributed by atoms with Gasteiger partial charge in [0.05, 0.1) is 16.8 Å². The number of carbonyl (C=O) groups excluding carboxylic acids is 2. The number of anilines is 1. The molecule has 2 bridgehead atoms. The number of amides is 2. The summed E-state index contributed by atoms with van der Waals surface area (Å²) < 4.78 is 15.6. The number of fused-ring (bicyclic) bond motifs is 4. The molecule has 212 valence electrons. The van der Waals surface area contributed by atoms with Crippen LogP contribution in [0.5, 0.6) is 0 Å². The zero-order chi connectivity index (χ0) is 29.2. The lowest BCUT2D eigenvalue weighted by Crippen LogP contribution is -2.38. The Kier molecular flexibility index (Phi) is 7.90. The molecule has 42 heavy (non-hydrogen) atoms. The van der Waals surface area contributed by atoms with E-state index in [1.807, 2.05) is 84.6 Å². The Morgan fingerprint density at radius 1 is 0.929 bits per heavy atom. The normalized spacial score (nSPS) is 19.2. The number of hydrogen-bond acceptors (Lipinski definition) is 3. The van der Waals surface area contributed by atoms with Crippen molar-refractivity contribution in [2.75, 3.05) is 11.9 Å². The summed E-state index contributed by atoms with van der Waals surface area (Å²) in [5.41, 5.74) is 5.94. The second kappa shape index (κ2) is 11.9. The van der Waals surface area contributed by atoms with Gasteiger partial charge in [-0.25, -0.2) is 4.39 Å². The van der Waals surface area contributed by atoms with Crippen LogP contribution in [0.15, 0.2) is 91.1 Å². The monoisotopic (exact) mass is 579 g/mol. The van der Waals surface area contributed by atoms with Gasteiger partial charge in [-0.15, -0.1) is 0 Å². The molecule has 1 aromatic heterocycles. The van der Waals surface area contributed by atoms with Crippen molar-refractivity contribution in [3.63, 3.8) is 0 Å². The first-order valence-corrected chi connectivity index (χ1v) is 14.7. The fourth-order valence-corrected chi connectivity index (χ4v) is 6.15. The molecule has 3 aromatic carbocycles. The molecule has 0 radical (unpaired) electrons. The number of nitrogens with zero attached hydrogens (tertiary/aromatic N) is 2. The van der Waals surface area contributed by atoms with Gasteiger partial charge >= 0.3 is 0 Å². The van der Waals surface area contributed by atoms with Gasteiger partial charge in [0.15, 0.2) is 0 Å². The quantitative estimate of drug-likeness (QED) is 0.265. The summed E-state index contributed by atoms with van der Waals surface area (Å²) in [6, 6.07) is 24.3. The van der Waals surface area contributed by atoms with E-state index < -0.39 is 5.82 Å². The van der Waals surface area contributed by atoms with Crippen LogP contribution >= 0.6 is 11.6 Å². The number of para-hydroxylation sites is 1. The Balaban J connectivity index is 1.38. The van der Waals surface area contributed by atoms with Crippen LogP contribution in [0.25, 0.3) is 27.8 Å². The van der Waals surface area contributed by atoms with E-state index in [4.69, 9.17) is 16.6 Å². The third kappa shape index (κ3) is 5.47. The molecule has 2 unspecified atom stereocenters. The molecule has 5 nitrogen and oxygen atoms in total. The van der Waals surface area contributed by atoms with Crippen molar-refractivity contribution in [3.05, 3.63) is 113 Å². The number of aromatic nitrogens is 1. The standard InChI is InChI=1S/C35H31ClFN3O2/c1-22-8-7-13-31(30-20-24(16-18-38-30)26-11-5-6-12-29(26)39-35(22)42)40-19-17-25(21-32(40)41)33-27(14-15-28(36)34(33)37)23-9-3-2-4-10-23/h2-6,9-12,14-16,18,20-22,31H,7-8,13,17,19H2,1H3,(H,39,42). The van der Waals surface area contributed by atoms with Gasteiger partial charge in [0.2, 0.25) is 11.8 Å². The van der Waals surface area contributed by atoms with Crippen LogP contribution in [0.4, 0.5) is 10.1 Å². The molecule has 0 aliphatic carbocycles. The van der Waals surface area contributed by atoms with Crippen molar-refractivity contribution >= 4 is 34.7 Å². The summed E-state index contributed by atoms with van der Waals surface area (Å²) in [6.45, 7) is 2.34. The van der Waals surface area contributed by atoms with Gasteiger partial charge in [0, 0.05) is 41.5 Å². The molecule has 1 N–H and O–H groups in total. The van der Waals surface area contributed by atoms with E-state index >= 15 is 4.39 Å². The minimum absolute atomic E-state index is 0.0201. The zero-order valence-corrected chi connectivity index (χ0v) is 24.1. The fourth-order valence-electron chi connectivity index (χ4n) is 5.99. The highest BCUT2D eigenvalue weighted by Gasteiger charge is 2.31. The first kappa shape index (κ1) is 27.9. The third-order valence-corrected chi connectivity index (χ3v) is 8.55. The average Bonchev–Trinajstić information content (AvgIpc) is 3.01. The molecule has 3 heterocycles. The van der Waals surface area contributed by atoms with Gasteiger partial charge in [0.25, 0.3) is 0 Å². The highest BCUT2D eigenvalue weighted by atomic mass is 35.5. The van der Waals surface area contributed by atoms with E-state index in [1.54, 1.807) is 18.3 Å². The number of rotatable bonds is 3. The molecule has 0 fully saturated rings. The van der Waals surface area contributed by atoms with Gasteiger partial charge in [-0.05, 0) is 65.8 Å². The SMILES string of the molecule is CC1CCCC(N2CCC(c3c(-c4ccccc4)ccc(Cl)c3F)=CC2=O)c2cc(ccn2)-c2ccccc2NC1=O. The Hall–Kier alpha value is -4.29. The maximum absolute atomic E-state index is 15.6. The summed E-state index contributed by atoms with van der Waals surface area (Å²) in [4.78, 5) is 33.3. The molecule has 2 atom stereocenters. The highest BCUT2D eigenvalue weighted by molar-refractivity contribution is 6.31. The van der Waals surface area contributed by atoms with Crippen LogP contribution in [0.1, 0.15) is 49.9 Å². The summed E-state index contributed by atoms with van der Waals surface area (Å²) >= 11 is 6.23. The van der Waals surface area contributed by atoms with E-state index in [1.165, 1.54) is 0 Å². The van der Waals surface area contributed by atoms with Crippen LogP contribution in [0.2, 0.25) is 5.02 Å². The van der Waals surface area contributed by atoms with Crippen LogP contribution < -0.4 is 5.32 Å². The van der Waals surface area contributed by atoms with Crippen LogP contribution in [-0.4, -0.2) is 28.2 Å². The van der Waals surface area contributed by atoms with Gasteiger partial charge in [-0.2, -0.15) is 0 Å². The lowest BCUT2D eigenvalue weighted by molar-refractivity contribution is -0.129. The highest BCUT2D eigenvalue weighted by Crippen LogP contribution is 2.40. The van der Waals surface area contributed by atoms with E-state index in [0.29, 0.717) is 42.5 Å². The summed E-state index contributed by atoms with van der Waals surface area (Å²) in [7, 11) is 0. The Bertz CT molecular complexity index is 1690. The molecule has 0 saturated carbocycles. The van der Waals surface area contributed by atoms with Crippen molar-refractivity contribution in [3.8, 4) is 22.3 Å². The average molecular weight is 580 g/mol. The number of halogens is 2. The van der Waals surface area contributed by atoms with Gasteiger partial charge in [-0.1, -0.05) is 79.5 Å². The lowest BCUT2D eigenvalue weighted by Gasteiger charge is -2.35. The molecule has 0 spiro atoms. The van der Waals surface area contributed by atoms with Crippen LogP contribution in [0.3, 0.4) is 0 Å². The molecular formula is C35H31ClFN3O2. The summed E-state index contributed by atoms with van der Waals surface area (Å²) in [5, 5.41) is 3.12. The number of carbonyl (C=O) groups is 2. The van der Waals surface area contributed by atoms with Crippen molar-refractivity contribution in [1.82, 2.24) is 9.88 Å².